The maximum absolute atomic E-state index is 12.5. The molecular formula is C19H29N5O3S. The summed E-state index contributed by atoms with van der Waals surface area (Å²) in [6.45, 7) is 5.60. The lowest BCUT2D eigenvalue weighted by Crippen LogP contribution is -2.50. The molecule has 0 aromatic heterocycles. The monoisotopic (exact) mass is 407 g/mol. The molecule has 0 radical (unpaired) electrons. The van der Waals surface area contributed by atoms with Crippen molar-refractivity contribution in [1.29, 1.82) is 0 Å². The van der Waals surface area contributed by atoms with Gasteiger partial charge in [0, 0.05) is 44.5 Å². The molecule has 3 rings (SSSR count). The predicted octanol–water partition coefficient (Wildman–Crippen LogP) is 0.0774. The molecule has 154 valence electrons. The van der Waals surface area contributed by atoms with Crippen molar-refractivity contribution in [1.82, 2.24) is 15.5 Å². The van der Waals surface area contributed by atoms with Crippen molar-refractivity contribution in [3.8, 4) is 0 Å². The molecule has 1 aromatic rings. The average Bonchev–Trinajstić information content (AvgIpc) is 3.05. The topological polar surface area (TPSA) is 94.1 Å². The minimum Gasteiger partial charge on any atom is -0.368 e. The Labute approximate surface area is 166 Å². The highest BCUT2D eigenvalue weighted by Crippen LogP contribution is 2.15. The number of para-hydroxylation sites is 1. The van der Waals surface area contributed by atoms with Gasteiger partial charge < -0.3 is 20.4 Å². The van der Waals surface area contributed by atoms with Gasteiger partial charge in [-0.05, 0) is 25.5 Å². The van der Waals surface area contributed by atoms with Crippen LogP contribution in [0.15, 0.2) is 35.3 Å². The molecule has 2 N–H and O–H groups in total. The Morgan fingerprint density at radius 3 is 2.50 bits per heavy atom. The van der Waals surface area contributed by atoms with Gasteiger partial charge in [0.2, 0.25) is 5.91 Å². The van der Waals surface area contributed by atoms with Gasteiger partial charge >= 0.3 is 0 Å². The van der Waals surface area contributed by atoms with E-state index in [4.69, 9.17) is 0 Å². The summed E-state index contributed by atoms with van der Waals surface area (Å²) in [6.07, 6.45) is 0.572. The van der Waals surface area contributed by atoms with E-state index in [2.05, 4.69) is 32.7 Å². The quantitative estimate of drug-likeness (QED) is 0.530. The highest BCUT2D eigenvalue weighted by atomic mass is 32.2. The first-order valence-electron chi connectivity index (χ1n) is 9.80. The van der Waals surface area contributed by atoms with Gasteiger partial charge in [0.25, 0.3) is 0 Å². The van der Waals surface area contributed by atoms with Crippen molar-refractivity contribution in [3.05, 3.63) is 30.3 Å². The Balaban J connectivity index is 1.50. The minimum atomic E-state index is -2.96. The van der Waals surface area contributed by atoms with Gasteiger partial charge in [-0.25, -0.2) is 13.4 Å². The van der Waals surface area contributed by atoms with Crippen LogP contribution in [0, 0.1) is 0 Å². The molecule has 28 heavy (non-hydrogen) atoms. The molecule has 1 amide bonds. The smallest absolute Gasteiger partial charge is 0.244 e. The molecule has 0 spiro atoms. The zero-order chi connectivity index (χ0) is 20.0. The van der Waals surface area contributed by atoms with Crippen LogP contribution in [-0.4, -0.2) is 82.0 Å². The largest absolute Gasteiger partial charge is 0.368 e. The van der Waals surface area contributed by atoms with Crippen molar-refractivity contribution in [2.45, 2.75) is 19.4 Å². The van der Waals surface area contributed by atoms with Gasteiger partial charge in [-0.1, -0.05) is 18.2 Å². The number of hydrogen-bond acceptors (Lipinski definition) is 5. The fraction of sp³-hybridized carbons (Fsp3) is 0.579. The molecule has 1 aromatic carbocycles. The van der Waals surface area contributed by atoms with Gasteiger partial charge in [-0.15, -0.1) is 0 Å². The third-order valence-electron chi connectivity index (χ3n) is 5.04. The molecule has 2 aliphatic rings. The first-order valence-corrected chi connectivity index (χ1v) is 11.6. The molecule has 1 atom stereocenters. The lowest BCUT2D eigenvalue weighted by molar-refractivity contribution is -0.129. The van der Waals surface area contributed by atoms with Crippen LogP contribution < -0.4 is 15.5 Å². The zero-order valence-electron chi connectivity index (χ0n) is 16.3. The summed E-state index contributed by atoms with van der Waals surface area (Å²) in [5.74, 6) is 0.812. The van der Waals surface area contributed by atoms with Gasteiger partial charge in [-0.2, -0.15) is 0 Å². The van der Waals surface area contributed by atoms with E-state index in [1.165, 1.54) is 5.69 Å². The summed E-state index contributed by atoms with van der Waals surface area (Å²) >= 11 is 0. The molecule has 0 aliphatic carbocycles. The van der Waals surface area contributed by atoms with E-state index in [1.54, 1.807) is 0 Å². The number of guanidine groups is 1. The second-order valence-electron chi connectivity index (χ2n) is 7.14. The molecule has 2 aliphatic heterocycles. The molecule has 8 nitrogen and oxygen atoms in total. The molecule has 0 saturated carbocycles. The Hall–Kier alpha value is -2.29. The van der Waals surface area contributed by atoms with Crippen LogP contribution in [0.4, 0.5) is 5.69 Å². The summed E-state index contributed by atoms with van der Waals surface area (Å²) in [6, 6.07) is 10.1. The van der Waals surface area contributed by atoms with Gasteiger partial charge in [0.15, 0.2) is 15.8 Å². The average molecular weight is 408 g/mol. The van der Waals surface area contributed by atoms with Crippen molar-refractivity contribution >= 4 is 27.4 Å². The zero-order valence-corrected chi connectivity index (χ0v) is 17.1. The number of sulfone groups is 1. The third kappa shape index (κ3) is 5.60. The lowest BCUT2D eigenvalue weighted by Gasteiger charge is -2.36. The van der Waals surface area contributed by atoms with Gasteiger partial charge in [0.05, 0.1) is 11.5 Å². The van der Waals surface area contributed by atoms with Crippen molar-refractivity contribution in [2.24, 2.45) is 4.99 Å². The SMILES string of the molecule is CCNC(=NCC(=O)N1CCN(c2ccccc2)CC1)NC1CCS(=O)(=O)C1. The predicted molar refractivity (Wildman–Crippen MR) is 111 cm³/mol. The number of amides is 1. The maximum Gasteiger partial charge on any atom is 0.244 e. The lowest BCUT2D eigenvalue weighted by atomic mass is 10.2. The Kier molecular flexibility index (Phi) is 6.77. The number of rotatable bonds is 5. The number of carbonyl (C=O) groups is 1. The van der Waals surface area contributed by atoms with E-state index >= 15 is 0 Å². The summed E-state index contributed by atoms with van der Waals surface area (Å²) in [5, 5.41) is 6.23. The van der Waals surface area contributed by atoms with Crippen LogP contribution in [0.25, 0.3) is 0 Å². The molecule has 2 heterocycles. The highest BCUT2D eigenvalue weighted by molar-refractivity contribution is 7.91. The van der Waals surface area contributed by atoms with Crippen LogP contribution in [-0.2, 0) is 14.6 Å². The molecule has 2 saturated heterocycles. The number of aliphatic imine (C=N–C) groups is 1. The second-order valence-corrected chi connectivity index (χ2v) is 9.37. The first-order chi connectivity index (χ1) is 13.5. The maximum atomic E-state index is 12.5. The normalized spacial score (nSPS) is 22.2. The van der Waals surface area contributed by atoms with Crippen molar-refractivity contribution in [3.63, 3.8) is 0 Å². The number of nitrogens with zero attached hydrogens (tertiary/aromatic N) is 3. The summed E-state index contributed by atoms with van der Waals surface area (Å²) in [7, 11) is -2.96. The number of benzene rings is 1. The van der Waals surface area contributed by atoms with E-state index in [0.717, 1.165) is 13.1 Å². The van der Waals surface area contributed by atoms with Crippen LogP contribution in [0.2, 0.25) is 0 Å². The Morgan fingerprint density at radius 1 is 1.18 bits per heavy atom. The van der Waals surface area contributed by atoms with E-state index < -0.39 is 9.84 Å². The molecule has 2 fully saturated rings. The number of piperazine rings is 1. The van der Waals surface area contributed by atoms with Crippen molar-refractivity contribution < 1.29 is 13.2 Å². The number of carbonyl (C=O) groups excluding carboxylic acids is 1. The van der Waals surface area contributed by atoms with Crippen LogP contribution in [0.3, 0.4) is 0 Å². The Morgan fingerprint density at radius 2 is 1.89 bits per heavy atom. The first kappa shape index (κ1) is 20.4. The molecular weight excluding hydrogens is 378 g/mol. The number of hydrogen-bond donors (Lipinski definition) is 2. The minimum absolute atomic E-state index is 0.0102. The van der Waals surface area contributed by atoms with E-state index in [1.807, 2.05) is 30.0 Å². The molecule has 9 heteroatoms. The van der Waals surface area contributed by atoms with Crippen LogP contribution in [0.1, 0.15) is 13.3 Å². The Bertz CT molecular complexity index is 789. The fourth-order valence-electron chi connectivity index (χ4n) is 3.52. The highest BCUT2D eigenvalue weighted by Gasteiger charge is 2.28. The fourth-order valence-corrected chi connectivity index (χ4v) is 5.20. The summed E-state index contributed by atoms with van der Waals surface area (Å²) in [5.41, 5.74) is 1.18. The van der Waals surface area contributed by atoms with E-state index in [9.17, 15) is 13.2 Å². The molecule has 0 bridgehead atoms. The van der Waals surface area contributed by atoms with Crippen molar-refractivity contribution in [2.75, 3.05) is 55.7 Å². The van der Waals surface area contributed by atoms with E-state index in [-0.39, 0.29) is 30.0 Å². The molecule has 1 unspecified atom stereocenters. The number of nitrogens with one attached hydrogen (secondary N) is 2. The van der Waals surface area contributed by atoms with Gasteiger partial charge in [-0.3, -0.25) is 4.79 Å². The van der Waals surface area contributed by atoms with E-state index in [0.29, 0.717) is 32.0 Å². The van der Waals surface area contributed by atoms with Crippen LogP contribution >= 0.6 is 0 Å². The van der Waals surface area contributed by atoms with Gasteiger partial charge in [0.1, 0.15) is 6.54 Å². The number of anilines is 1. The summed E-state index contributed by atoms with van der Waals surface area (Å²) in [4.78, 5) is 21.0. The standard InChI is InChI=1S/C19H29N5O3S/c1-2-20-19(22-16-8-13-28(26,27)15-16)21-14-18(25)24-11-9-23(10-12-24)17-6-4-3-5-7-17/h3-7,16H,2,8-15H2,1H3,(H2,20,21,22). The summed E-state index contributed by atoms with van der Waals surface area (Å²) < 4.78 is 23.2. The van der Waals surface area contributed by atoms with Crippen LogP contribution in [0.5, 0.6) is 0 Å². The third-order valence-corrected chi connectivity index (χ3v) is 6.81. The second kappa shape index (κ2) is 9.27.